The van der Waals surface area contributed by atoms with Crippen molar-refractivity contribution < 1.29 is 19.4 Å². The molecule has 3 aliphatic rings. The van der Waals surface area contributed by atoms with Gasteiger partial charge in [0, 0.05) is 0 Å². The van der Waals surface area contributed by atoms with Crippen LogP contribution in [-0.4, -0.2) is 29.6 Å². The topological polar surface area (TPSA) is 55.8 Å². The molecule has 3 heterocycles. The summed E-state index contributed by atoms with van der Waals surface area (Å²) in [4.78, 5) is 11.2. The summed E-state index contributed by atoms with van der Waals surface area (Å²) in [7, 11) is 0. The largest absolute Gasteiger partial charge is 0.435 e. The van der Waals surface area contributed by atoms with Gasteiger partial charge in [-0.2, -0.15) is 0 Å². The number of cyclic esters (lactones) is 1. The lowest BCUT2D eigenvalue weighted by molar-refractivity contribution is -0.162. The molecule has 0 saturated carbocycles. The summed E-state index contributed by atoms with van der Waals surface area (Å²) in [5.41, 5.74) is 0. The first-order chi connectivity index (χ1) is 5.77. The quantitative estimate of drug-likeness (QED) is 0.505. The number of rotatable bonds is 0. The van der Waals surface area contributed by atoms with E-state index in [1.54, 1.807) is 0 Å². The smallest absolute Gasteiger partial charge is 0.314 e. The predicted octanol–water partition coefficient (Wildman–Crippen LogP) is -0.345. The molecule has 3 saturated heterocycles. The molecule has 3 fully saturated rings. The zero-order valence-corrected chi connectivity index (χ0v) is 6.47. The van der Waals surface area contributed by atoms with Crippen molar-refractivity contribution in [1.82, 2.24) is 0 Å². The van der Waals surface area contributed by atoms with Crippen LogP contribution in [0.25, 0.3) is 0 Å². The van der Waals surface area contributed by atoms with Crippen molar-refractivity contribution in [3.63, 3.8) is 0 Å². The molecule has 1 unspecified atom stereocenters. The van der Waals surface area contributed by atoms with Gasteiger partial charge in [-0.3, -0.25) is 4.79 Å². The van der Waals surface area contributed by atoms with Crippen LogP contribution in [0.1, 0.15) is 12.8 Å². The number of aliphatic hydroxyl groups excluding tert-OH is 1. The fourth-order valence-corrected chi connectivity index (χ4v) is 2.66. The Morgan fingerprint density at radius 2 is 2.08 bits per heavy atom. The molecule has 0 aromatic carbocycles. The molecule has 4 heteroatoms. The lowest BCUT2D eigenvalue weighted by Gasteiger charge is -2.17. The van der Waals surface area contributed by atoms with E-state index >= 15 is 0 Å². The molecule has 5 atom stereocenters. The highest BCUT2D eigenvalue weighted by Crippen LogP contribution is 2.48. The van der Waals surface area contributed by atoms with Crippen molar-refractivity contribution >= 4 is 5.97 Å². The van der Waals surface area contributed by atoms with Crippen LogP contribution in [0.5, 0.6) is 0 Å². The summed E-state index contributed by atoms with van der Waals surface area (Å²) in [6, 6.07) is 0. The van der Waals surface area contributed by atoms with Gasteiger partial charge >= 0.3 is 5.97 Å². The Morgan fingerprint density at radius 1 is 1.33 bits per heavy atom. The second kappa shape index (κ2) is 2.00. The third kappa shape index (κ3) is 0.630. The van der Waals surface area contributed by atoms with Gasteiger partial charge in [-0.1, -0.05) is 0 Å². The van der Waals surface area contributed by atoms with Gasteiger partial charge in [-0.25, -0.2) is 0 Å². The lowest BCUT2D eigenvalue weighted by atomic mass is 9.81. The van der Waals surface area contributed by atoms with E-state index < -0.39 is 6.29 Å². The Bertz CT molecular complexity index is 239. The molecule has 2 bridgehead atoms. The normalized spacial score (nSPS) is 55.8. The first-order valence-corrected chi connectivity index (χ1v) is 4.31. The van der Waals surface area contributed by atoms with Crippen molar-refractivity contribution in [3.05, 3.63) is 0 Å². The van der Waals surface area contributed by atoms with Gasteiger partial charge in [0.25, 0.3) is 0 Å². The van der Waals surface area contributed by atoms with Gasteiger partial charge < -0.3 is 14.6 Å². The van der Waals surface area contributed by atoms with Crippen LogP contribution in [-0.2, 0) is 14.3 Å². The maximum absolute atomic E-state index is 11.2. The summed E-state index contributed by atoms with van der Waals surface area (Å²) in [5.74, 6) is -0.547. The van der Waals surface area contributed by atoms with Crippen LogP contribution in [0.2, 0.25) is 0 Å². The number of esters is 1. The van der Waals surface area contributed by atoms with E-state index in [2.05, 4.69) is 0 Å². The first kappa shape index (κ1) is 6.86. The maximum atomic E-state index is 11.2. The number of carbonyl (C=O) groups is 1. The molecule has 0 amide bonds. The highest BCUT2D eigenvalue weighted by atomic mass is 16.7. The molecular weight excluding hydrogens is 160 g/mol. The van der Waals surface area contributed by atoms with Crippen LogP contribution >= 0.6 is 0 Å². The summed E-state index contributed by atoms with van der Waals surface area (Å²) in [6.07, 6.45) is 1.05. The molecule has 1 N–H and O–H groups in total. The average molecular weight is 170 g/mol. The molecule has 3 aliphatic heterocycles. The fraction of sp³-hybridized carbons (Fsp3) is 0.875. The van der Waals surface area contributed by atoms with Crippen LogP contribution in [0.4, 0.5) is 0 Å². The van der Waals surface area contributed by atoms with E-state index in [-0.39, 0.29) is 30.0 Å². The van der Waals surface area contributed by atoms with Crippen molar-refractivity contribution in [3.8, 4) is 0 Å². The third-order valence-electron chi connectivity index (χ3n) is 3.17. The average Bonchev–Trinajstić information content (AvgIpc) is 2.64. The summed E-state index contributed by atoms with van der Waals surface area (Å²) < 4.78 is 10.3. The zero-order valence-electron chi connectivity index (χ0n) is 6.47. The standard InChI is InChI=1S/C8H10O4/c9-7-5-3-1-2-4(11-3)6(5)8(10)12-7/h3-7,9H,1-2H2/t3-,4+,5-,6+,7?/m0/s1. The Kier molecular flexibility index (Phi) is 1.14. The number of hydrogen-bond acceptors (Lipinski definition) is 4. The fourth-order valence-electron chi connectivity index (χ4n) is 2.66. The van der Waals surface area contributed by atoms with Crippen molar-refractivity contribution in [1.29, 1.82) is 0 Å². The Hall–Kier alpha value is -0.610. The summed E-state index contributed by atoms with van der Waals surface area (Å²) in [5, 5.41) is 9.37. The summed E-state index contributed by atoms with van der Waals surface area (Å²) in [6.45, 7) is 0. The van der Waals surface area contributed by atoms with Crippen LogP contribution in [0.3, 0.4) is 0 Å². The van der Waals surface area contributed by atoms with Gasteiger partial charge in [0.2, 0.25) is 6.29 Å². The molecule has 3 rings (SSSR count). The molecule has 0 spiro atoms. The van der Waals surface area contributed by atoms with E-state index in [0.29, 0.717) is 0 Å². The van der Waals surface area contributed by atoms with E-state index in [4.69, 9.17) is 9.47 Å². The minimum Gasteiger partial charge on any atom is -0.435 e. The second-order valence-corrected chi connectivity index (χ2v) is 3.72. The molecule has 12 heavy (non-hydrogen) atoms. The van der Waals surface area contributed by atoms with Crippen LogP contribution < -0.4 is 0 Å². The highest BCUT2D eigenvalue weighted by molar-refractivity contribution is 5.76. The third-order valence-corrected chi connectivity index (χ3v) is 3.17. The number of aliphatic hydroxyl groups is 1. The summed E-state index contributed by atoms with van der Waals surface area (Å²) >= 11 is 0. The molecule has 4 nitrogen and oxygen atoms in total. The van der Waals surface area contributed by atoms with Gasteiger partial charge in [0.15, 0.2) is 0 Å². The zero-order chi connectivity index (χ0) is 8.29. The van der Waals surface area contributed by atoms with Crippen molar-refractivity contribution in [2.24, 2.45) is 11.8 Å². The van der Waals surface area contributed by atoms with Gasteiger partial charge in [0.1, 0.15) is 0 Å². The van der Waals surface area contributed by atoms with E-state index in [1.807, 2.05) is 0 Å². The minimum absolute atomic E-state index is 0.0182. The van der Waals surface area contributed by atoms with E-state index in [1.165, 1.54) is 0 Å². The number of hydrogen-bond donors (Lipinski definition) is 1. The number of carbonyl (C=O) groups excluding carboxylic acids is 1. The number of fused-ring (bicyclic) bond motifs is 5. The van der Waals surface area contributed by atoms with E-state index in [9.17, 15) is 9.90 Å². The van der Waals surface area contributed by atoms with Crippen LogP contribution in [0, 0.1) is 11.8 Å². The maximum Gasteiger partial charge on any atom is 0.314 e. The van der Waals surface area contributed by atoms with Crippen molar-refractivity contribution in [2.45, 2.75) is 31.3 Å². The molecular formula is C8H10O4. The highest BCUT2D eigenvalue weighted by Gasteiger charge is 2.60. The van der Waals surface area contributed by atoms with Crippen LogP contribution in [0.15, 0.2) is 0 Å². The van der Waals surface area contributed by atoms with E-state index in [0.717, 1.165) is 12.8 Å². The monoisotopic (exact) mass is 170 g/mol. The Balaban J connectivity index is 1.97. The van der Waals surface area contributed by atoms with Crippen molar-refractivity contribution in [2.75, 3.05) is 0 Å². The minimum atomic E-state index is -0.919. The molecule has 66 valence electrons. The Morgan fingerprint density at radius 3 is 2.83 bits per heavy atom. The number of ether oxygens (including phenoxy) is 2. The van der Waals surface area contributed by atoms with Gasteiger partial charge in [0.05, 0.1) is 24.0 Å². The molecule has 0 radical (unpaired) electrons. The van der Waals surface area contributed by atoms with Gasteiger partial charge in [-0.15, -0.1) is 0 Å². The first-order valence-electron chi connectivity index (χ1n) is 4.31. The SMILES string of the molecule is O=C1OC(O)[C@@H]2[C@H]1[C@H]1CC[C@@H]2O1. The Labute approximate surface area is 69.5 Å². The lowest BCUT2D eigenvalue weighted by Crippen LogP contribution is -2.30. The predicted molar refractivity (Wildman–Crippen MR) is 37.0 cm³/mol. The molecule has 0 aromatic rings. The molecule has 0 aromatic heterocycles. The van der Waals surface area contributed by atoms with Gasteiger partial charge in [-0.05, 0) is 12.8 Å². The second-order valence-electron chi connectivity index (χ2n) is 3.72. The molecule has 0 aliphatic carbocycles.